The van der Waals surface area contributed by atoms with Gasteiger partial charge >= 0.3 is 13.2 Å². The van der Waals surface area contributed by atoms with Gasteiger partial charge in [0, 0.05) is 6.61 Å². The largest absolute Gasteiger partial charge is 0.509 e. The number of carbonyl (C=O) groups is 1. The van der Waals surface area contributed by atoms with Crippen LogP contribution in [0.1, 0.15) is 41.5 Å². The molecule has 6 heteroatoms. The van der Waals surface area contributed by atoms with E-state index >= 15 is 0 Å². The van der Waals surface area contributed by atoms with Gasteiger partial charge in [-0.3, -0.25) is 4.57 Å². The van der Waals surface area contributed by atoms with Crippen LogP contribution in [-0.4, -0.2) is 35.0 Å². The van der Waals surface area contributed by atoms with Crippen molar-refractivity contribution in [3.63, 3.8) is 0 Å². The average molecular weight is 331 g/mol. The molecular formula is C18H26BNO4. The number of benzene rings is 1. The lowest BCUT2D eigenvalue weighted by Crippen LogP contribution is -2.43. The average Bonchev–Trinajstić information content (AvgIpc) is 2.81. The summed E-state index contributed by atoms with van der Waals surface area (Å²) in [4.78, 5) is 12.6. The Morgan fingerprint density at radius 2 is 1.79 bits per heavy atom. The van der Waals surface area contributed by atoms with Gasteiger partial charge in [0.1, 0.15) is 5.60 Å². The molecule has 0 aliphatic rings. The number of nitrogens with zero attached hydrogens (tertiary/aromatic N) is 1. The first-order chi connectivity index (χ1) is 11.0. The van der Waals surface area contributed by atoms with E-state index in [1.54, 1.807) is 6.07 Å². The van der Waals surface area contributed by atoms with Crippen molar-refractivity contribution in [3.05, 3.63) is 30.3 Å². The van der Waals surface area contributed by atoms with Crippen molar-refractivity contribution in [1.82, 2.24) is 4.57 Å². The normalized spacial score (nSPS) is 12.5. The summed E-state index contributed by atoms with van der Waals surface area (Å²) in [5.41, 5.74) is 0.329. The highest BCUT2D eigenvalue weighted by atomic mass is 16.6. The van der Waals surface area contributed by atoms with Crippen LogP contribution in [0.3, 0.4) is 0 Å². The summed E-state index contributed by atoms with van der Waals surface area (Å²) in [5.74, 6) is 0. The summed E-state index contributed by atoms with van der Waals surface area (Å²) >= 11 is 0. The first kappa shape index (κ1) is 18.6. The number of fused-ring (bicyclic) bond motifs is 1. The van der Waals surface area contributed by atoms with Crippen molar-refractivity contribution >= 4 is 29.7 Å². The van der Waals surface area contributed by atoms with Crippen LogP contribution in [0.4, 0.5) is 4.79 Å². The lowest BCUT2D eigenvalue weighted by Gasteiger charge is -2.22. The standard InChI is InChI=1S/C18H26BNO4/c1-17(2,3)12-23-19(22)15-11-13-9-7-8-10-14(13)20(15)16(21)24-18(4,5)6/h7-11,22H,12H2,1-6H3. The number of hydrogen-bond donors (Lipinski definition) is 1. The molecule has 0 atom stereocenters. The summed E-state index contributed by atoms with van der Waals surface area (Å²) in [6.07, 6.45) is -0.530. The minimum atomic E-state index is -1.20. The highest BCUT2D eigenvalue weighted by molar-refractivity contribution is 6.60. The second-order valence-corrected chi connectivity index (χ2v) is 8.17. The molecule has 0 aliphatic carbocycles. The van der Waals surface area contributed by atoms with Gasteiger partial charge in [-0.2, -0.15) is 0 Å². The zero-order chi connectivity index (χ0) is 18.1. The molecule has 24 heavy (non-hydrogen) atoms. The number of aromatic nitrogens is 1. The van der Waals surface area contributed by atoms with Crippen molar-refractivity contribution < 1.29 is 19.2 Å². The van der Waals surface area contributed by atoms with E-state index in [4.69, 9.17) is 9.39 Å². The summed E-state index contributed by atoms with van der Waals surface area (Å²) in [5, 5.41) is 11.3. The molecule has 2 rings (SSSR count). The molecule has 1 aromatic heterocycles. The van der Waals surface area contributed by atoms with Crippen molar-refractivity contribution in [2.45, 2.75) is 47.1 Å². The van der Waals surface area contributed by atoms with Crippen LogP contribution >= 0.6 is 0 Å². The Kier molecular flexibility index (Phi) is 5.11. The van der Waals surface area contributed by atoms with Gasteiger partial charge in [0.15, 0.2) is 0 Å². The molecule has 0 unspecified atom stereocenters. The molecule has 5 nitrogen and oxygen atoms in total. The predicted octanol–water partition coefficient (Wildman–Crippen LogP) is 3.17. The van der Waals surface area contributed by atoms with Crippen LogP contribution in [0.2, 0.25) is 0 Å². The van der Waals surface area contributed by atoms with Gasteiger partial charge in [0.05, 0.1) is 11.1 Å². The van der Waals surface area contributed by atoms with E-state index in [9.17, 15) is 9.82 Å². The van der Waals surface area contributed by atoms with E-state index in [-0.39, 0.29) is 5.41 Å². The molecule has 1 heterocycles. The Morgan fingerprint density at radius 1 is 1.17 bits per heavy atom. The van der Waals surface area contributed by atoms with E-state index in [1.807, 2.05) is 65.8 Å². The fourth-order valence-corrected chi connectivity index (χ4v) is 2.28. The molecule has 0 fully saturated rings. The second kappa shape index (κ2) is 6.61. The lowest BCUT2D eigenvalue weighted by atomic mass is 9.84. The topological polar surface area (TPSA) is 60.7 Å². The Bertz CT molecular complexity index is 725. The van der Waals surface area contributed by atoms with Crippen LogP contribution in [-0.2, 0) is 9.39 Å². The van der Waals surface area contributed by atoms with E-state index in [1.165, 1.54) is 4.57 Å². The third-order valence-corrected chi connectivity index (χ3v) is 3.24. The SMILES string of the molecule is CC(C)(C)COB(O)c1cc2ccccc2n1C(=O)OC(C)(C)C. The fourth-order valence-electron chi connectivity index (χ4n) is 2.28. The number of para-hydroxylation sites is 1. The zero-order valence-corrected chi connectivity index (χ0v) is 15.3. The Labute approximate surface area is 143 Å². The molecule has 2 aromatic rings. The molecular weight excluding hydrogens is 305 g/mol. The van der Waals surface area contributed by atoms with Crippen molar-refractivity contribution in [3.8, 4) is 0 Å². The Balaban J connectivity index is 2.41. The van der Waals surface area contributed by atoms with Crippen LogP contribution in [0, 0.1) is 5.41 Å². The Morgan fingerprint density at radius 3 is 2.38 bits per heavy atom. The molecule has 1 aromatic carbocycles. The minimum absolute atomic E-state index is 0.0935. The van der Waals surface area contributed by atoms with Gasteiger partial charge in [0.2, 0.25) is 0 Å². The smallest absolute Gasteiger partial charge is 0.443 e. The first-order valence-electron chi connectivity index (χ1n) is 8.11. The maximum atomic E-state index is 12.6. The molecule has 1 N–H and O–H groups in total. The second-order valence-electron chi connectivity index (χ2n) is 8.17. The molecule has 0 saturated heterocycles. The molecule has 0 saturated carbocycles. The van der Waals surface area contributed by atoms with E-state index in [2.05, 4.69) is 0 Å². The molecule has 0 radical (unpaired) electrons. The quantitative estimate of drug-likeness (QED) is 0.878. The first-order valence-corrected chi connectivity index (χ1v) is 8.11. The van der Waals surface area contributed by atoms with Crippen molar-refractivity contribution in [2.75, 3.05) is 6.61 Å². The van der Waals surface area contributed by atoms with Crippen LogP contribution in [0.15, 0.2) is 30.3 Å². The van der Waals surface area contributed by atoms with Gasteiger partial charge in [0.25, 0.3) is 0 Å². The minimum Gasteiger partial charge on any atom is -0.443 e. The molecule has 0 aliphatic heterocycles. The van der Waals surface area contributed by atoms with Crippen molar-refractivity contribution in [1.29, 1.82) is 0 Å². The number of hydrogen-bond acceptors (Lipinski definition) is 4. The summed E-state index contributed by atoms with van der Waals surface area (Å²) in [7, 11) is -1.20. The van der Waals surface area contributed by atoms with Gasteiger partial charge in [-0.1, -0.05) is 39.0 Å². The monoisotopic (exact) mass is 331 g/mol. The number of ether oxygens (including phenoxy) is 1. The third kappa shape index (κ3) is 4.62. The van der Waals surface area contributed by atoms with Crippen LogP contribution in [0.5, 0.6) is 0 Å². The summed E-state index contributed by atoms with van der Waals surface area (Å²) in [6, 6.07) is 9.19. The summed E-state index contributed by atoms with van der Waals surface area (Å²) in [6.45, 7) is 11.8. The maximum absolute atomic E-state index is 12.6. The molecule has 0 bridgehead atoms. The van der Waals surface area contributed by atoms with E-state index < -0.39 is 18.8 Å². The van der Waals surface area contributed by atoms with Gasteiger partial charge in [-0.25, -0.2) is 4.79 Å². The molecule has 0 amide bonds. The molecule has 130 valence electrons. The maximum Gasteiger partial charge on any atom is 0.509 e. The highest BCUT2D eigenvalue weighted by Crippen LogP contribution is 2.18. The lowest BCUT2D eigenvalue weighted by molar-refractivity contribution is 0.0547. The number of carbonyl (C=O) groups excluding carboxylic acids is 1. The van der Waals surface area contributed by atoms with Crippen molar-refractivity contribution in [2.24, 2.45) is 5.41 Å². The van der Waals surface area contributed by atoms with Gasteiger partial charge in [-0.05, 0) is 43.7 Å². The zero-order valence-electron chi connectivity index (χ0n) is 15.3. The fraction of sp³-hybridized carbons (Fsp3) is 0.500. The van der Waals surface area contributed by atoms with E-state index in [0.717, 1.165) is 5.39 Å². The number of rotatable bonds is 3. The van der Waals surface area contributed by atoms with Crippen LogP contribution in [0.25, 0.3) is 10.9 Å². The molecule has 0 spiro atoms. The third-order valence-electron chi connectivity index (χ3n) is 3.24. The highest BCUT2D eigenvalue weighted by Gasteiger charge is 2.30. The van der Waals surface area contributed by atoms with E-state index in [0.29, 0.717) is 17.7 Å². The van der Waals surface area contributed by atoms with Crippen LogP contribution < -0.4 is 5.59 Å². The van der Waals surface area contributed by atoms with Gasteiger partial charge in [-0.15, -0.1) is 0 Å². The predicted molar refractivity (Wildman–Crippen MR) is 96.6 cm³/mol. The Hall–Kier alpha value is -1.79. The van der Waals surface area contributed by atoms with Gasteiger partial charge < -0.3 is 14.4 Å². The summed E-state index contributed by atoms with van der Waals surface area (Å²) < 4.78 is 12.4.